The smallest absolute Gasteiger partial charge is 0.132 e. The van der Waals surface area contributed by atoms with Crippen LogP contribution in [0.15, 0.2) is 24.3 Å². The molecule has 82 valence electrons. The molecule has 0 atom stereocenters. The van der Waals surface area contributed by atoms with Crippen molar-refractivity contribution in [1.82, 2.24) is 15.1 Å². The van der Waals surface area contributed by atoms with Gasteiger partial charge in [0.25, 0.3) is 0 Å². The van der Waals surface area contributed by atoms with Gasteiger partial charge in [-0.3, -0.25) is 0 Å². The molecule has 4 heteroatoms. The van der Waals surface area contributed by atoms with Crippen LogP contribution in [0.2, 0.25) is 0 Å². The highest BCUT2D eigenvalue weighted by Crippen LogP contribution is 2.25. The third kappa shape index (κ3) is 1.23. The number of aryl methyl sites for hydroxylation is 1. The van der Waals surface area contributed by atoms with Crippen molar-refractivity contribution < 1.29 is 0 Å². The van der Waals surface area contributed by atoms with E-state index < -0.39 is 0 Å². The van der Waals surface area contributed by atoms with Crippen LogP contribution in [0.4, 0.5) is 5.82 Å². The molecule has 1 aliphatic heterocycles. The maximum atomic E-state index is 6.12. The summed E-state index contributed by atoms with van der Waals surface area (Å²) in [6.07, 6.45) is 0. The predicted octanol–water partition coefficient (Wildman–Crippen LogP) is 1.37. The first kappa shape index (κ1) is 9.42. The van der Waals surface area contributed by atoms with E-state index in [-0.39, 0.29) is 0 Å². The Labute approximate surface area is 94.1 Å². The van der Waals surface area contributed by atoms with Crippen LogP contribution in [0.1, 0.15) is 16.8 Å². The van der Waals surface area contributed by atoms with Gasteiger partial charge >= 0.3 is 0 Å². The lowest BCUT2D eigenvalue weighted by atomic mass is 10.2. The Morgan fingerprint density at radius 2 is 2.12 bits per heavy atom. The van der Waals surface area contributed by atoms with E-state index in [1.165, 1.54) is 5.56 Å². The number of hydrogen-bond acceptors (Lipinski definition) is 3. The maximum Gasteiger partial charge on any atom is 0.132 e. The number of aromatic nitrogens is 2. The highest BCUT2D eigenvalue weighted by molar-refractivity contribution is 5.53. The van der Waals surface area contributed by atoms with Gasteiger partial charge in [0.05, 0.1) is 11.4 Å². The largest absolute Gasteiger partial charge is 0.383 e. The highest BCUT2D eigenvalue weighted by atomic mass is 15.3. The fourth-order valence-corrected chi connectivity index (χ4v) is 2.14. The molecule has 0 radical (unpaired) electrons. The minimum atomic E-state index is 0.759. The second-order valence-electron chi connectivity index (χ2n) is 4.11. The molecule has 0 unspecified atom stereocenters. The monoisotopic (exact) mass is 214 g/mol. The van der Waals surface area contributed by atoms with Crippen molar-refractivity contribution >= 4 is 5.82 Å². The number of fused-ring (bicyclic) bond motifs is 1. The van der Waals surface area contributed by atoms with Crippen LogP contribution in [-0.4, -0.2) is 9.78 Å². The highest BCUT2D eigenvalue weighted by Gasteiger charge is 2.20. The average Bonchev–Trinajstić information content (AvgIpc) is 2.83. The van der Waals surface area contributed by atoms with E-state index in [9.17, 15) is 0 Å². The molecule has 0 saturated carbocycles. The van der Waals surface area contributed by atoms with Gasteiger partial charge in [0.1, 0.15) is 5.82 Å². The lowest BCUT2D eigenvalue weighted by Crippen LogP contribution is -2.09. The van der Waals surface area contributed by atoms with Crippen molar-refractivity contribution in [3.8, 4) is 5.69 Å². The minimum Gasteiger partial charge on any atom is -0.383 e. The van der Waals surface area contributed by atoms with Gasteiger partial charge in [0.2, 0.25) is 0 Å². The third-order valence-corrected chi connectivity index (χ3v) is 3.04. The summed E-state index contributed by atoms with van der Waals surface area (Å²) in [6.45, 7) is 3.71. The molecule has 0 amide bonds. The number of anilines is 1. The fraction of sp³-hybridized carbons (Fsp3) is 0.250. The molecule has 0 bridgehead atoms. The average molecular weight is 214 g/mol. The van der Waals surface area contributed by atoms with Crippen molar-refractivity contribution in [1.29, 1.82) is 0 Å². The van der Waals surface area contributed by atoms with E-state index in [4.69, 9.17) is 5.73 Å². The summed E-state index contributed by atoms with van der Waals surface area (Å²) in [6, 6.07) is 8.14. The van der Waals surface area contributed by atoms with Crippen molar-refractivity contribution in [2.75, 3.05) is 5.73 Å². The quantitative estimate of drug-likeness (QED) is 0.753. The maximum absolute atomic E-state index is 6.12. The number of nitrogen functional groups attached to an aromatic ring is 1. The van der Waals surface area contributed by atoms with Crippen LogP contribution in [0.3, 0.4) is 0 Å². The summed E-state index contributed by atoms with van der Waals surface area (Å²) in [4.78, 5) is 0. The third-order valence-electron chi connectivity index (χ3n) is 3.04. The number of nitrogens with zero attached hydrogens (tertiary/aromatic N) is 2. The summed E-state index contributed by atoms with van der Waals surface area (Å²) in [5, 5.41) is 7.80. The Morgan fingerprint density at radius 3 is 2.88 bits per heavy atom. The van der Waals surface area contributed by atoms with E-state index in [1.54, 1.807) is 0 Å². The lowest BCUT2D eigenvalue weighted by Gasteiger charge is -2.08. The summed E-state index contributed by atoms with van der Waals surface area (Å²) in [7, 11) is 0. The molecule has 0 saturated heterocycles. The normalized spacial score (nSPS) is 14.1. The molecule has 0 spiro atoms. The van der Waals surface area contributed by atoms with E-state index in [0.29, 0.717) is 0 Å². The summed E-state index contributed by atoms with van der Waals surface area (Å²) in [5.41, 5.74) is 10.6. The second kappa shape index (κ2) is 3.35. The predicted molar refractivity (Wildman–Crippen MR) is 63.3 cm³/mol. The fourth-order valence-electron chi connectivity index (χ4n) is 2.14. The van der Waals surface area contributed by atoms with Crippen LogP contribution in [0.5, 0.6) is 0 Å². The topological polar surface area (TPSA) is 55.9 Å². The molecule has 1 aromatic carbocycles. The molecule has 1 aliphatic rings. The lowest BCUT2D eigenvalue weighted by molar-refractivity contribution is 0.724. The molecule has 0 fully saturated rings. The van der Waals surface area contributed by atoms with Crippen LogP contribution in [0, 0.1) is 6.92 Å². The number of nitrogens with two attached hydrogens (primary N) is 1. The van der Waals surface area contributed by atoms with Gasteiger partial charge in [-0.15, -0.1) is 0 Å². The minimum absolute atomic E-state index is 0.759. The Hall–Kier alpha value is -1.81. The summed E-state index contributed by atoms with van der Waals surface area (Å²) < 4.78 is 1.85. The van der Waals surface area contributed by atoms with Crippen LogP contribution >= 0.6 is 0 Å². The summed E-state index contributed by atoms with van der Waals surface area (Å²) in [5.74, 6) is 0.759. The Balaban J connectivity index is 2.18. The van der Waals surface area contributed by atoms with E-state index in [1.807, 2.05) is 22.9 Å². The van der Waals surface area contributed by atoms with Crippen molar-refractivity contribution in [3.63, 3.8) is 0 Å². The van der Waals surface area contributed by atoms with Crippen LogP contribution < -0.4 is 11.1 Å². The number of nitrogens with one attached hydrogen (secondary N) is 1. The van der Waals surface area contributed by atoms with Gasteiger partial charge in [-0.1, -0.05) is 18.2 Å². The molecule has 0 aliphatic carbocycles. The van der Waals surface area contributed by atoms with E-state index in [2.05, 4.69) is 23.4 Å². The van der Waals surface area contributed by atoms with Crippen molar-refractivity contribution in [3.05, 3.63) is 41.1 Å². The molecule has 4 nitrogen and oxygen atoms in total. The molecule has 16 heavy (non-hydrogen) atoms. The van der Waals surface area contributed by atoms with Crippen LogP contribution in [0.25, 0.3) is 5.69 Å². The zero-order valence-electron chi connectivity index (χ0n) is 9.20. The Kier molecular flexibility index (Phi) is 1.97. The first-order valence-electron chi connectivity index (χ1n) is 5.40. The molecule has 3 N–H and O–H groups in total. The number of rotatable bonds is 1. The Morgan fingerprint density at radius 1 is 1.31 bits per heavy atom. The molecular formula is C12H14N4. The van der Waals surface area contributed by atoms with Crippen LogP contribution in [-0.2, 0) is 13.1 Å². The molecule has 3 rings (SSSR count). The van der Waals surface area contributed by atoms with Crippen molar-refractivity contribution in [2.24, 2.45) is 0 Å². The first-order chi connectivity index (χ1) is 7.77. The van der Waals surface area contributed by atoms with Gasteiger partial charge in [-0.05, 0) is 18.6 Å². The zero-order chi connectivity index (χ0) is 11.1. The molecule has 2 heterocycles. The van der Waals surface area contributed by atoms with Gasteiger partial charge in [-0.2, -0.15) is 5.10 Å². The van der Waals surface area contributed by atoms with Gasteiger partial charge in [-0.25, -0.2) is 4.68 Å². The van der Waals surface area contributed by atoms with Crippen molar-refractivity contribution in [2.45, 2.75) is 20.0 Å². The molecule has 1 aromatic heterocycles. The standard InChI is InChI=1S/C12H14N4/c1-8-4-2-3-5-11(8)16-12(13)9-6-14-7-10(9)15-16/h2-5,14H,6-7,13H2,1H3. The molecular weight excluding hydrogens is 200 g/mol. The molecule has 2 aromatic rings. The number of benzene rings is 1. The zero-order valence-corrected chi connectivity index (χ0v) is 9.20. The summed E-state index contributed by atoms with van der Waals surface area (Å²) >= 11 is 0. The van der Waals surface area contributed by atoms with E-state index in [0.717, 1.165) is 35.9 Å². The second-order valence-corrected chi connectivity index (χ2v) is 4.11. The van der Waals surface area contributed by atoms with Gasteiger partial charge in [0.15, 0.2) is 0 Å². The Bertz CT molecular complexity index is 542. The number of hydrogen-bond donors (Lipinski definition) is 2. The first-order valence-corrected chi connectivity index (χ1v) is 5.40. The SMILES string of the molecule is Cc1ccccc1-n1nc2c(c1N)CNC2. The van der Waals surface area contributed by atoms with Gasteiger partial charge < -0.3 is 11.1 Å². The van der Waals surface area contributed by atoms with E-state index >= 15 is 0 Å². The number of para-hydroxylation sites is 1. The van der Waals surface area contributed by atoms with Gasteiger partial charge in [0, 0.05) is 18.7 Å².